The molecule has 0 saturated carbocycles. The molecular formula is C13H16INO4. The number of hydrogen-bond acceptors (Lipinski definition) is 4. The quantitative estimate of drug-likeness (QED) is 0.694. The maximum atomic E-state index is 12.2. The number of phenols is 1. The Labute approximate surface area is 125 Å². The number of aliphatic hydroxyl groups excluding tert-OH is 1. The predicted molar refractivity (Wildman–Crippen MR) is 78.2 cm³/mol. The first-order chi connectivity index (χ1) is 9.06. The van der Waals surface area contributed by atoms with Gasteiger partial charge in [0.05, 0.1) is 15.7 Å². The second-order valence-electron chi connectivity index (χ2n) is 4.67. The maximum absolute atomic E-state index is 12.2. The van der Waals surface area contributed by atoms with Crippen molar-refractivity contribution in [3.8, 4) is 5.75 Å². The molecule has 1 aliphatic rings. The van der Waals surface area contributed by atoms with Crippen molar-refractivity contribution in [1.82, 2.24) is 5.32 Å². The number of carbonyl (C=O) groups excluding carboxylic acids is 1. The van der Waals surface area contributed by atoms with Crippen LogP contribution in [0, 0.1) is 3.57 Å². The van der Waals surface area contributed by atoms with Crippen LogP contribution in [0.2, 0.25) is 0 Å². The molecule has 1 aliphatic heterocycles. The zero-order chi connectivity index (χ0) is 13.9. The van der Waals surface area contributed by atoms with Crippen LogP contribution in [0.3, 0.4) is 0 Å². The third kappa shape index (κ3) is 3.37. The van der Waals surface area contributed by atoms with Crippen molar-refractivity contribution in [2.45, 2.75) is 18.4 Å². The number of nitrogens with one attached hydrogen (secondary N) is 1. The molecule has 0 aliphatic carbocycles. The molecule has 0 aromatic heterocycles. The Bertz CT molecular complexity index is 472. The molecule has 19 heavy (non-hydrogen) atoms. The van der Waals surface area contributed by atoms with E-state index in [0.717, 1.165) is 0 Å². The van der Waals surface area contributed by atoms with Gasteiger partial charge in [0.2, 0.25) is 0 Å². The standard InChI is InChI=1S/C13H16INO4/c14-10-2-1-9(7-11(10)17)12(18)15-13(8-16)3-5-19-6-4-13/h1-2,7,16-17H,3-6,8H2,(H,15,18). The third-order valence-electron chi connectivity index (χ3n) is 3.34. The van der Waals surface area contributed by atoms with E-state index < -0.39 is 5.54 Å². The summed E-state index contributed by atoms with van der Waals surface area (Å²) in [6.45, 7) is 0.940. The lowest BCUT2D eigenvalue weighted by Crippen LogP contribution is -2.54. The Kier molecular flexibility index (Phi) is 4.64. The van der Waals surface area contributed by atoms with Gasteiger partial charge >= 0.3 is 0 Å². The van der Waals surface area contributed by atoms with Gasteiger partial charge in [0.1, 0.15) is 5.75 Å². The van der Waals surface area contributed by atoms with Gasteiger partial charge in [0, 0.05) is 18.8 Å². The van der Waals surface area contributed by atoms with Crippen LogP contribution in [0.25, 0.3) is 0 Å². The molecule has 0 unspecified atom stereocenters. The molecular weight excluding hydrogens is 361 g/mol. The van der Waals surface area contributed by atoms with Crippen molar-refractivity contribution in [3.63, 3.8) is 0 Å². The summed E-state index contributed by atoms with van der Waals surface area (Å²) in [5.41, 5.74) is -0.231. The highest BCUT2D eigenvalue weighted by Gasteiger charge is 2.33. The molecule has 0 atom stereocenters. The van der Waals surface area contributed by atoms with Gasteiger partial charge in [-0.1, -0.05) is 0 Å². The van der Waals surface area contributed by atoms with Crippen LogP contribution in [0.15, 0.2) is 18.2 Å². The lowest BCUT2D eigenvalue weighted by molar-refractivity contribution is 0.0125. The van der Waals surface area contributed by atoms with E-state index in [1.54, 1.807) is 12.1 Å². The molecule has 3 N–H and O–H groups in total. The first kappa shape index (κ1) is 14.5. The van der Waals surface area contributed by atoms with Crippen LogP contribution in [0.5, 0.6) is 5.75 Å². The number of carbonyl (C=O) groups is 1. The molecule has 2 rings (SSSR count). The zero-order valence-corrected chi connectivity index (χ0v) is 12.5. The van der Waals surface area contributed by atoms with Gasteiger partial charge in [-0.05, 0) is 53.6 Å². The summed E-state index contributed by atoms with van der Waals surface area (Å²) < 4.78 is 5.94. The van der Waals surface area contributed by atoms with E-state index in [1.165, 1.54) is 6.07 Å². The van der Waals surface area contributed by atoms with Crippen molar-refractivity contribution in [2.24, 2.45) is 0 Å². The first-order valence-electron chi connectivity index (χ1n) is 6.06. The van der Waals surface area contributed by atoms with E-state index in [2.05, 4.69) is 5.32 Å². The largest absolute Gasteiger partial charge is 0.507 e. The minimum Gasteiger partial charge on any atom is -0.507 e. The van der Waals surface area contributed by atoms with Crippen LogP contribution in [0.4, 0.5) is 0 Å². The average molecular weight is 377 g/mol. The van der Waals surface area contributed by atoms with Crippen LogP contribution in [-0.2, 0) is 4.74 Å². The fourth-order valence-electron chi connectivity index (χ4n) is 2.05. The monoisotopic (exact) mass is 377 g/mol. The molecule has 0 radical (unpaired) electrons. The highest BCUT2D eigenvalue weighted by atomic mass is 127. The molecule has 1 aromatic carbocycles. The van der Waals surface area contributed by atoms with Crippen molar-refractivity contribution >= 4 is 28.5 Å². The molecule has 0 bridgehead atoms. The molecule has 1 heterocycles. The van der Waals surface area contributed by atoms with Crippen LogP contribution >= 0.6 is 22.6 Å². The van der Waals surface area contributed by atoms with Crippen molar-refractivity contribution < 1.29 is 19.7 Å². The number of ether oxygens (including phenoxy) is 1. The van der Waals surface area contributed by atoms with Crippen molar-refractivity contribution in [1.29, 1.82) is 0 Å². The number of aromatic hydroxyl groups is 1. The molecule has 1 aromatic rings. The molecule has 0 spiro atoms. The summed E-state index contributed by atoms with van der Waals surface area (Å²) in [4.78, 5) is 12.2. The lowest BCUT2D eigenvalue weighted by Gasteiger charge is -2.36. The number of aliphatic hydroxyl groups is 1. The molecule has 1 saturated heterocycles. The van der Waals surface area contributed by atoms with Gasteiger partial charge in [-0.3, -0.25) is 4.79 Å². The van der Waals surface area contributed by atoms with E-state index in [0.29, 0.717) is 35.2 Å². The third-order valence-corrected chi connectivity index (χ3v) is 4.25. The van der Waals surface area contributed by atoms with E-state index >= 15 is 0 Å². The second kappa shape index (κ2) is 6.06. The topological polar surface area (TPSA) is 78.8 Å². The van der Waals surface area contributed by atoms with Gasteiger partial charge < -0.3 is 20.3 Å². The summed E-state index contributed by atoms with van der Waals surface area (Å²) in [5, 5.41) is 22.0. The molecule has 1 amide bonds. The summed E-state index contributed by atoms with van der Waals surface area (Å²) in [5.74, 6) is -0.207. The fraction of sp³-hybridized carbons (Fsp3) is 0.462. The van der Waals surface area contributed by atoms with Gasteiger partial charge in [0.25, 0.3) is 5.91 Å². The Balaban J connectivity index is 2.12. The van der Waals surface area contributed by atoms with Gasteiger partial charge in [-0.2, -0.15) is 0 Å². The summed E-state index contributed by atoms with van der Waals surface area (Å²) in [6, 6.07) is 4.77. The lowest BCUT2D eigenvalue weighted by atomic mass is 9.90. The number of benzene rings is 1. The molecule has 104 valence electrons. The van der Waals surface area contributed by atoms with Crippen LogP contribution in [-0.4, -0.2) is 41.5 Å². The maximum Gasteiger partial charge on any atom is 0.251 e. The van der Waals surface area contributed by atoms with Crippen molar-refractivity contribution in [3.05, 3.63) is 27.3 Å². The van der Waals surface area contributed by atoms with Gasteiger partial charge in [-0.25, -0.2) is 0 Å². The average Bonchev–Trinajstić information content (AvgIpc) is 2.43. The second-order valence-corrected chi connectivity index (χ2v) is 5.83. The molecule has 6 heteroatoms. The summed E-state index contributed by atoms with van der Waals surface area (Å²) in [7, 11) is 0. The number of amides is 1. The van der Waals surface area contributed by atoms with Gasteiger partial charge in [-0.15, -0.1) is 0 Å². The smallest absolute Gasteiger partial charge is 0.251 e. The molecule has 5 nitrogen and oxygen atoms in total. The minimum absolute atomic E-state index is 0.0817. The van der Waals surface area contributed by atoms with Crippen LogP contribution in [0.1, 0.15) is 23.2 Å². The number of phenolic OH excluding ortho intramolecular Hbond substituents is 1. The highest BCUT2D eigenvalue weighted by molar-refractivity contribution is 14.1. The number of hydrogen-bond donors (Lipinski definition) is 3. The Morgan fingerprint density at radius 3 is 2.68 bits per heavy atom. The van der Waals surface area contributed by atoms with E-state index in [1.807, 2.05) is 22.6 Å². The van der Waals surface area contributed by atoms with E-state index in [4.69, 9.17) is 4.74 Å². The number of halogens is 1. The van der Waals surface area contributed by atoms with E-state index in [9.17, 15) is 15.0 Å². The summed E-state index contributed by atoms with van der Waals surface area (Å²) in [6.07, 6.45) is 1.18. The predicted octanol–water partition coefficient (Wildman–Crippen LogP) is 1.27. The Morgan fingerprint density at radius 2 is 2.11 bits per heavy atom. The van der Waals surface area contributed by atoms with E-state index in [-0.39, 0.29) is 18.3 Å². The Morgan fingerprint density at radius 1 is 1.42 bits per heavy atom. The fourth-order valence-corrected chi connectivity index (χ4v) is 2.39. The zero-order valence-electron chi connectivity index (χ0n) is 10.4. The minimum atomic E-state index is -0.617. The molecule has 1 fully saturated rings. The SMILES string of the molecule is O=C(NC1(CO)CCOCC1)c1ccc(I)c(O)c1. The first-order valence-corrected chi connectivity index (χ1v) is 7.14. The normalized spacial score (nSPS) is 18.0. The summed E-state index contributed by atoms with van der Waals surface area (Å²) >= 11 is 1.99. The highest BCUT2D eigenvalue weighted by Crippen LogP contribution is 2.23. The van der Waals surface area contributed by atoms with Crippen LogP contribution < -0.4 is 5.32 Å². The Hall–Kier alpha value is -0.860. The van der Waals surface area contributed by atoms with Crippen molar-refractivity contribution in [2.75, 3.05) is 19.8 Å². The number of rotatable bonds is 3. The van der Waals surface area contributed by atoms with Gasteiger partial charge in [0.15, 0.2) is 0 Å².